The smallest absolute Gasteiger partial charge is 0.0446 e. The third kappa shape index (κ3) is 5.55. The second-order valence-corrected chi connectivity index (χ2v) is 4.38. The van der Waals surface area contributed by atoms with Crippen molar-refractivity contribution in [1.82, 2.24) is 10.2 Å². The molecule has 0 radical (unpaired) electrons. The predicted molar refractivity (Wildman–Crippen MR) is 79.7 cm³/mol. The third-order valence-corrected chi connectivity index (χ3v) is 3.07. The minimum atomic E-state index is 0. The van der Waals surface area contributed by atoms with Gasteiger partial charge in [0.15, 0.2) is 0 Å². The van der Waals surface area contributed by atoms with Gasteiger partial charge in [-0.15, -0.1) is 24.8 Å². The molecule has 5 heteroatoms. The Bertz CT molecular complexity index is 309. The lowest BCUT2D eigenvalue weighted by molar-refractivity contribution is 0.168. The van der Waals surface area contributed by atoms with Crippen molar-refractivity contribution in [2.24, 2.45) is 0 Å². The fraction of sp³-hybridized carbons (Fsp3) is 0.538. The molecule has 2 rings (SSSR count). The van der Waals surface area contributed by atoms with Gasteiger partial charge in [0.25, 0.3) is 0 Å². The van der Waals surface area contributed by atoms with Gasteiger partial charge in [-0.2, -0.15) is 0 Å². The van der Waals surface area contributed by atoms with E-state index in [0.717, 1.165) is 32.6 Å². The molecule has 1 fully saturated rings. The Morgan fingerprint density at radius 2 is 1.94 bits per heavy atom. The molecule has 0 aromatic heterocycles. The summed E-state index contributed by atoms with van der Waals surface area (Å²) in [6.07, 6.45) is 0.852. The van der Waals surface area contributed by atoms with Crippen LogP contribution in [-0.4, -0.2) is 42.3 Å². The molecular formula is C13H22Cl2N2O. The van der Waals surface area contributed by atoms with Gasteiger partial charge < -0.3 is 10.4 Å². The van der Waals surface area contributed by atoms with Gasteiger partial charge in [0.05, 0.1) is 0 Å². The van der Waals surface area contributed by atoms with Crippen molar-refractivity contribution in [3.63, 3.8) is 0 Å². The molecule has 1 aromatic rings. The largest absolute Gasteiger partial charge is 0.396 e. The van der Waals surface area contributed by atoms with Crippen LogP contribution in [0.2, 0.25) is 0 Å². The lowest BCUT2D eigenvalue weighted by atomic mass is 10.1. The topological polar surface area (TPSA) is 35.5 Å². The molecule has 2 N–H and O–H groups in total. The molecule has 0 bridgehead atoms. The van der Waals surface area contributed by atoms with Crippen molar-refractivity contribution < 1.29 is 5.11 Å². The standard InChI is InChI=1S/C13H20N2O.2ClH/c16-9-6-13-11-15(8-7-14-13)10-12-4-2-1-3-5-12;;/h1-5,13-14,16H,6-11H2;2*1H/t13-;;/m1../s1. The van der Waals surface area contributed by atoms with Crippen molar-refractivity contribution in [3.8, 4) is 0 Å². The summed E-state index contributed by atoms with van der Waals surface area (Å²) in [7, 11) is 0. The first kappa shape index (κ1) is 17.7. The number of piperazine rings is 1. The first-order chi connectivity index (χ1) is 7.88. The van der Waals surface area contributed by atoms with Gasteiger partial charge in [0, 0.05) is 38.8 Å². The molecule has 18 heavy (non-hydrogen) atoms. The Hall–Kier alpha value is -0.320. The van der Waals surface area contributed by atoms with Crippen molar-refractivity contribution in [2.75, 3.05) is 26.2 Å². The van der Waals surface area contributed by atoms with E-state index in [1.807, 2.05) is 0 Å². The third-order valence-electron chi connectivity index (χ3n) is 3.07. The minimum absolute atomic E-state index is 0. The van der Waals surface area contributed by atoms with Gasteiger partial charge in [0.2, 0.25) is 0 Å². The predicted octanol–water partition coefficient (Wildman–Crippen LogP) is 1.69. The number of halogens is 2. The molecule has 104 valence electrons. The highest BCUT2D eigenvalue weighted by Gasteiger charge is 2.18. The van der Waals surface area contributed by atoms with Crippen LogP contribution < -0.4 is 5.32 Å². The van der Waals surface area contributed by atoms with Gasteiger partial charge in [0.1, 0.15) is 0 Å². The van der Waals surface area contributed by atoms with Gasteiger partial charge in [-0.3, -0.25) is 4.90 Å². The van der Waals surface area contributed by atoms with E-state index in [1.165, 1.54) is 5.56 Å². The maximum absolute atomic E-state index is 8.94. The van der Waals surface area contributed by atoms with Gasteiger partial charge in [-0.05, 0) is 12.0 Å². The number of nitrogens with one attached hydrogen (secondary N) is 1. The zero-order valence-electron chi connectivity index (χ0n) is 10.4. The monoisotopic (exact) mass is 292 g/mol. The molecule has 0 amide bonds. The first-order valence-electron chi connectivity index (χ1n) is 5.99. The van der Waals surface area contributed by atoms with Crippen LogP contribution in [0.3, 0.4) is 0 Å². The second-order valence-electron chi connectivity index (χ2n) is 4.38. The molecule has 1 aliphatic rings. The summed E-state index contributed by atoms with van der Waals surface area (Å²) in [5.41, 5.74) is 1.37. The van der Waals surface area contributed by atoms with E-state index in [0.29, 0.717) is 6.04 Å². The number of nitrogens with zero attached hydrogens (tertiary/aromatic N) is 1. The Kier molecular flexibility index (Phi) is 9.42. The fourth-order valence-electron chi connectivity index (χ4n) is 2.23. The summed E-state index contributed by atoms with van der Waals surface area (Å²) < 4.78 is 0. The Balaban J connectivity index is 0.00000144. The zero-order valence-corrected chi connectivity index (χ0v) is 12.1. The van der Waals surface area contributed by atoms with Crippen molar-refractivity contribution >= 4 is 24.8 Å². The summed E-state index contributed by atoms with van der Waals surface area (Å²) in [6.45, 7) is 4.45. The molecule has 3 nitrogen and oxygen atoms in total. The second kappa shape index (κ2) is 9.59. The molecule has 1 heterocycles. The van der Waals surface area contributed by atoms with Crippen molar-refractivity contribution in [2.45, 2.75) is 19.0 Å². The van der Waals surface area contributed by atoms with Crippen LogP contribution in [-0.2, 0) is 6.54 Å². The number of hydrogen-bond acceptors (Lipinski definition) is 3. The van der Waals surface area contributed by atoms with Gasteiger partial charge in [-0.25, -0.2) is 0 Å². The highest BCUT2D eigenvalue weighted by atomic mass is 35.5. The maximum Gasteiger partial charge on any atom is 0.0446 e. The van der Waals surface area contributed by atoms with E-state index >= 15 is 0 Å². The highest BCUT2D eigenvalue weighted by Crippen LogP contribution is 2.08. The van der Waals surface area contributed by atoms with E-state index < -0.39 is 0 Å². The number of hydrogen-bond donors (Lipinski definition) is 2. The summed E-state index contributed by atoms with van der Waals surface area (Å²) in [6, 6.07) is 11.0. The average molecular weight is 293 g/mol. The molecule has 1 atom stereocenters. The van der Waals surface area contributed by atoms with Crippen LogP contribution >= 0.6 is 24.8 Å². The molecule has 0 unspecified atom stereocenters. The number of rotatable bonds is 4. The molecular weight excluding hydrogens is 271 g/mol. The van der Waals surface area contributed by atoms with Gasteiger partial charge >= 0.3 is 0 Å². The minimum Gasteiger partial charge on any atom is -0.396 e. The lowest BCUT2D eigenvalue weighted by Gasteiger charge is -2.33. The molecule has 1 aliphatic heterocycles. The van der Waals surface area contributed by atoms with E-state index in [4.69, 9.17) is 5.11 Å². The molecule has 0 aliphatic carbocycles. The fourth-order valence-corrected chi connectivity index (χ4v) is 2.23. The number of aliphatic hydroxyl groups excluding tert-OH is 1. The normalized spacial score (nSPS) is 19.7. The van der Waals surface area contributed by atoms with Crippen molar-refractivity contribution in [1.29, 1.82) is 0 Å². The maximum atomic E-state index is 8.94. The van der Waals surface area contributed by atoms with Crippen LogP contribution in [0.15, 0.2) is 30.3 Å². The Morgan fingerprint density at radius 1 is 1.22 bits per heavy atom. The first-order valence-corrected chi connectivity index (χ1v) is 5.99. The van der Waals surface area contributed by atoms with Gasteiger partial charge in [-0.1, -0.05) is 30.3 Å². The van der Waals surface area contributed by atoms with E-state index in [9.17, 15) is 0 Å². The SMILES string of the molecule is Cl.Cl.OCC[C@@H]1CN(Cc2ccccc2)CCN1. The molecule has 1 saturated heterocycles. The zero-order chi connectivity index (χ0) is 11.2. The summed E-state index contributed by atoms with van der Waals surface area (Å²) in [5.74, 6) is 0. The number of benzene rings is 1. The molecule has 0 spiro atoms. The molecule has 0 saturated carbocycles. The highest BCUT2D eigenvalue weighted by molar-refractivity contribution is 5.85. The summed E-state index contributed by atoms with van der Waals surface area (Å²) in [5, 5.41) is 12.4. The number of aliphatic hydroxyl groups is 1. The van der Waals surface area contributed by atoms with E-state index in [-0.39, 0.29) is 31.4 Å². The molecule has 1 aromatic carbocycles. The van der Waals surface area contributed by atoms with Crippen LogP contribution in [0.1, 0.15) is 12.0 Å². The Morgan fingerprint density at radius 3 is 2.61 bits per heavy atom. The Labute approximate surface area is 121 Å². The lowest BCUT2D eigenvalue weighted by Crippen LogP contribution is -2.50. The van der Waals surface area contributed by atoms with Crippen molar-refractivity contribution in [3.05, 3.63) is 35.9 Å². The van der Waals surface area contributed by atoms with Crippen LogP contribution in [0, 0.1) is 0 Å². The average Bonchev–Trinajstić information content (AvgIpc) is 2.31. The van der Waals surface area contributed by atoms with E-state index in [1.54, 1.807) is 0 Å². The van der Waals surface area contributed by atoms with Crippen LogP contribution in [0.5, 0.6) is 0 Å². The summed E-state index contributed by atoms with van der Waals surface area (Å²) in [4.78, 5) is 2.45. The van der Waals surface area contributed by atoms with Crippen LogP contribution in [0.4, 0.5) is 0 Å². The summed E-state index contributed by atoms with van der Waals surface area (Å²) >= 11 is 0. The quantitative estimate of drug-likeness (QED) is 0.887. The van der Waals surface area contributed by atoms with Crippen LogP contribution in [0.25, 0.3) is 0 Å². The van der Waals surface area contributed by atoms with E-state index in [2.05, 4.69) is 40.5 Å².